The van der Waals surface area contributed by atoms with Crippen LogP contribution in [-0.2, 0) is 6.54 Å². The number of rotatable bonds is 3. The molecule has 0 atom stereocenters. The number of imidazole rings is 1. The van der Waals surface area contributed by atoms with Gasteiger partial charge >= 0.3 is 5.56 Å². The second-order valence-electron chi connectivity index (χ2n) is 3.25. The Kier molecular flexibility index (Phi) is 2.47. The lowest BCUT2D eigenvalue weighted by Gasteiger charge is -2.10. The molecule has 2 heterocycles. The summed E-state index contributed by atoms with van der Waals surface area (Å²) in [6, 6.07) is 0. The summed E-state index contributed by atoms with van der Waals surface area (Å²) in [7, 11) is 1.71. The van der Waals surface area contributed by atoms with Crippen molar-refractivity contribution in [2.24, 2.45) is 0 Å². The molecule has 0 aromatic carbocycles. The number of anilines is 1. The van der Waals surface area contributed by atoms with Crippen LogP contribution >= 0.6 is 0 Å². The molecule has 0 aliphatic rings. The molecule has 0 radical (unpaired) electrons. The van der Waals surface area contributed by atoms with Crippen molar-refractivity contribution in [3.05, 3.63) is 23.3 Å². The van der Waals surface area contributed by atoms with Crippen LogP contribution < -0.4 is 10.9 Å². The maximum Gasteiger partial charge on any atom is 0.302 e. The summed E-state index contributed by atoms with van der Waals surface area (Å²) < 4.78 is 3.59. The Labute approximate surface area is 92.2 Å². The topological polar surface area (TPSA) is 64.7 Å². The molecule has 0 aliphatic heterocycles. The van der Waals surface area contributed by atoms with Crippen molar-refractivity contribution < 1.29 is 0 Å². The minimum atomic E-state index is -0.329. The minimum absolute atomic E-state index is 0.329. The third-order valence-corrected chi connectivity index (χ3v) is 2.42. The number of nitrogens with one attached hydrogen (secondary N) is 1. The summed E-state index contributed by atoms with van der Waals surface area (Å²) in [5.41, 5.74) is 0.743. The Bertz CT molecular complexity index is 595. The van der Waals surface area contributed by atoms with Crippen LogP contribution in [0.5, 0.6) is 0 Å². The van der Waals surface area contributed by atoms with Gasteiger partial charge in [0.05, 0.1) is 6.33 Å². The Balaban J connectivity index is 2.97. The number of hydrogen-bond donors (Lipinski definition) is 1. The van der Waals surface area contributed by atoms with E-state index in [1.165, 1.54) is 0 Å². The lowest BCUT2D eigenvalue weighted by molar-refractivity contribution is 0.769. The molecule has 0 aliphatic carbocycles. The fourth-order valence-electron chi connectivity index (χ4n) is 1.66. The van der Waals surface area contributed by atoms with E-state index < -0.39 is 0 Å². The zero-order chi connectivity index (χ0) is 11.7. The number of nitrogens with zero attached hydrogens (tertiary/aromatic N) is 4. The lowest BCUT2D eigenvalue weighted by atomic mass is 10.5. The summed E-state index contributed by atoms with van der Waals surface area (Å²) in [4.78, 5) is 19.6. The highest BCUT2D eigenvalue weighted by Gasteiger charge is 2.12. The average Bonchev–Trinajstić information content (AvgIpc) is 2.73. The Hall–Kier alpha value is -2.11. The van der Waals surface area contributed by atoms with Crippen molar-refractivity contribution in [2.75, 3.05) is 12.4 Å². The Morgan fingerprint density at radius 3 is 2.94 bits per heavy atom. The second-order valence-corrected chi connectivity index (χ2v) is 3.25. The monoisotopic (exact) mass is 219 g/mol. The molecule has 0 spiro atoms. The van der Waals surface area contributed by atoms with Crippen LogP contribution in [0.3, 0.4) is 0 Å². The third kappa shape index (κ3) is 1.30. The summed E-state index contributed by atoms with van der Waals surface area (Å²) in [5.74, 6) is 0.461. The molecule has 1 N–H and O–H groups in total. The van der Waals surface area contributed by atoms with Gasteiger partial charge < -0.3 is 9.88 Å². The highest BCUT2D eigenvalue weighted by molar-refractivity contribution is 5.74. The largest absolute Gasteiger partial charge is 0.358 e. The van der Waals surface area contributed by atoms with Crippen molar-refractivity contribution in [3.8, 4) is 0 Å². The molecule has 16 heavy (non-hydrogen) atoms. The summed E-state index contributed by atoms with van der Waals surface area (Å²) in [6.45, 7) is 6.43. The first-order valence-electron chi connectivity index (χ1n) is 5.00. The second kappa shape index (κ2) is 3.80. The van der Waals surface area contributed by atoms with E-state index in [1.807, 2.05) is 11.5 Å². The van der Waals surface area contributed by atoms with Gasteiger partial charge in [-0.2, -0.15) is 4.98 Å². The van der Waals surface area contributed by atoms with Gasteiger partial charge in [0.1, 0.15) is 0 Å². The maximum atomic E-state index is 11.7. The quantitative estimate of drug-likeness (QED) is 0.827. The minimum Gasteiger partial charge on any atom is -0.358 e. The number of hydrogen-bond acceptors (Lipinski definition) is 4. The van der Waals surface area contributed by atoms with Gasteiger partial charge in [-0.15, -0.1) is 0 Å². The molecule has 2 rings (SSSR count). The van der Waals surface area contributed by atoms with Crippen LogP contribution in [0, 0.1) is 0 Å². The molecule has 0 unspecified atom stereocenters. The van der Waals surface area contributed by atoms with Crippen LogP contribution in [0.25, 0.3) is 17.4 Å². The van der Waals surface area contributed by atoms with Gasteiger partial charge in [0.15, 0.2) is 11.2 Å². The van der Waals surface area contributed by atoms with E-state index in [1.54, 1.807) is 24.1 Å². The van der Waals surface area contributed by atoms with Gasteiger partial charge in [-0.05, 0) is 6.92 Å². The SMILES string of the molecule is C=Cn1c(NC)nc(=O)c2ncn(CC)c21. The highest BCUT2D eigenvalue weighted by Crippen LogP contribution is 2.13. The molecule has 0 saturated carbocycles. The molecule has 2 aromatic heterocycles. The Morgan fingerprint density at radius 2 is 2.38 bits per heavy atom. The summed E-state index contributed by atoms with van der Waals surface area (Å²) >= 11 is 0. The average molecular weight is 219 g/mol. The van der Waals surface area contributed by atoms with Gasteiger partial charge in [-0.1, -0.05) is 6.58 Å². The van der Waals surface area contributed by atoms with E-state index in [-0.39, 0.29) is 5.56 Å². The first-order chi connectivity index (χ1) is 7.72. The number of aromatic nitrogens is 4. The molecule has 6 heteroatoms. The van der Waals surface area contributed by atoms with E-state index in [0.717, 1.165) is 6.54 Å². The van der Waals surface area contributed by atoms with Gasteiger partial charge in [-0.3, -0.25) is 9.36 Å². The van der Waals surface area contributed by atoms with Crippen molar-refractivity contribution in [2.45, 2.75) is 13.5 Å². The molecule has 0 bridgehead atoms. The lowest BCUT2D eigenvalue weighted by Crippen LogP contribution is -2.16. The van der Waals surface area contributed by atoms with Crippen LogP contribution in [0.1, 0.15) is 6.92 Å². The summed E-state index contributed by atoms with van der Waals surface area (Å²) in [6.07, 6.45) is 3.24. The van der Waals surface area contributed by atoms with Gasteiger partial charge in [-0.25, -0.2) is 4.98 Å². The fraction of sp³-hybridized carbons (Fsp3) is 0.300. The van der Waals surface area contributed by atoms with Gasteiger partial charge in [0.2, 0.25) is 5.95 Å². The molecule has 2 aromatic rings. The Morgan fingerprint density at radius 1 is 1.62 bits per heavy atom. The molecule has 0 fully saturated rings. The fourth-order valence-corrected chi connectivity index (χ4v) is 1.66. The van der Waals surface area contributed by atoms with E-state index >= 15 is 0 Å². The number of aryl methyl sites for hydroxylation is 1. The predicted octanol–water partition coefficient (Wildman–Crippen LogP) is 0.755. The van der Waals surface area contributed by atoms with Crippen molar-refractivity contribution >= 4 is 23.3 Å². The van der Waals surface area contributed by atoms with Gasteiger partial charge in [0.25, 0.3) is 0 Å². The zero-order valence-corrected chi connectivity index (χ0v) is 9.27. The zero-order valence-electron chi connectivity index (χ0n) is 9.27. The van der Waals surface area contributed by atoms with Gasteiger partial charge in [0, 0.05) is 19.8 Å². The van der Waals surface area contributed by atoms with Crippen molar-refractivity contribution in [1.82, 2.24) is 19.1 Å². The summed E-state index contributed by atoms with van der Waals surface area (Å²) in [5, 5.41) is 2.86. The van der Waals surface area contributed by atoms with E-state index in [2.05, 4.69) is 21.9 Å². The van der Waals surface area contributed by atoms with Crippen LogP contribution in [0.2, 0.25) is 0 Å². The van der Waals surface area contributed by atoms with E-state index in [0.29, 0.717) is 17.1 Å². The maximum absolute atomic E-state index is 11.7. The molecule has 6 nitrogen and oxygen atoms in total. The molecule has 0 amide bonds. The predicted molar refractivity (Wildman–Crippen MR) is 63.4 cm³/mol. The normalized spacial score (nSPS) is 10.6. The van der Waals surface area contributed by atoms with E-state index in [9.17, 15) is 4.79 Å². The molecular formula is C10H13N5O. The number of fused-ring (bicyclic) bond motifs is 1. The van der Waals surface area contributed by atoms with Crippen LogP contribution in [-0.4, -0.2) is 26.1 Å². The molecule has 0 saturated heterocycles. The smallest absolute Gasteiger partial charge is 0.302 e. The van der Waals surface area contributed by atoms with E-state index in [4.69, 9.17) is 0 Å². The first kappa shape index (κ1) is 10.4. The third-order valence-electron chi connectivity index (χ3n) is 2.42. The van der Waals surface area contributed by atoms with Crippen molar-refractivity contribution in [3.63, 3.8) is 0 Å². The van der Waals surface area contributed by atoms with Crippen molar-refractivity contribution in [1.29, 1.82) is 0 Å². The molecule has 84 valence electrons. The molecular weight excluding hydrogens is 206 g/mol. The van der Waals surface area contributed by atoms with Crippen LogP contribution in [0.4, 0.5) is 5.95 Å². The first-order valence-corrected chi connectivity index (χ1v) is 5.00. The standard InChI is InChI=1S/C10H13N5O/c1-4-14-6-12-7-8(16)13-10(11-3)15(5-2)9(7)14/h5-6H,2,4H2,1,3H3,(H,11,13,16). The van der Waals surface area contributed by atoms with Crippen LogP contribution in [0.15, 0.2) is 17.7 Å². The highest BCUT2D eigenvalue weighted by atomic mass is 16.1.